The molecule has 0 atom stereocenters. The van der Waals surface area contributed by atoms with Gasteiger partial charge in [-0.05, 0) is 0 Å². The zero-order valence-corrected chi connectivity index (χ0v) is 28.9. The summed E-state index contributed by atoms with van der Waals surface area (Å²) in [5, 5.41) is 5.86. The van der Waals surface area contributed by atoms with Crippen LogP contribution >= 0.6 is 22.7 Å². The maximum atomic E-state index is 2.51. The van der Waals surface area contributed by atoms with Gasteiger partial charge in [0.15, 0.2) is 0 Å². The average molecular weight is 739 g/mol. The van der Waals surface area contributed by atoms with E-state index < -0.39 is 0 Å². The van der Waals surface area contributed by atoms with Crippen LogP contribution in [0.3, 0.4) is 0 Å². The van der Waals surface area contributed by atoms with Gasteiger partial charge in [-0.3, -0.25) is 0 Å². The minimum atomic E-state index is -0.106. The van der Waals surface area contributed by atoms with E-state index in [1.807, 2.05) is 22.7 Å². The summed E-state index contributed by atoms with van der Waals surface area (Å²) in [5.74, 6) is 0. The van der Waals surface area contributed by atoms with Gasteiger partial charge in [-0.2, -0.15) is 0 Å². The summed E-state index contributed by atoms with van der Waals surface area (Å²) in [6, 6.07) is 24.3. The van der Waals surface area contributed by atoms with Gasteiger partial charge in [0.25, 0.3) is 0 Å². The first-order valence-electron chi connectivity index (χ1n) is 15.1. The second-order valence-electron chi connectivity index (χ2n) is 11.3. The summed E-state index contributed by atoms with van der Waals surface area (Å²) >= 11 is 4.30. The van der Waals surface area contributed by atoms with Gasteiger partial charge in [0.2, 0.25) is 0 Å². The Balaban J connectivity index is 1.02. The SMILES string of the molecule is CCCCCCCCCCCCc1ccc(-c2cc3cc4c(cc3[se]2)sc2c3cc5cc[te]c5cc3sc42)cc1. The summed E-state index contributed by atoms with van der Waals surface area (Å²) in [4.78, 5) is 0. The molecule has 0 aliphatic heterocycles. The first-order chi connectivity index (χ1) is 19.8. The van der Waals surface area contributed by atoms with E-state index in [9.17, 15) is 0 Å². The van der Waals surface area contributed by atoms with E-state index >= 15 is 0 Å². The third kappa shape index (κ3) is 5.66. The number of hydrogen-bond acceptors (Lipinski definition) is 2. The molecule has 3 aromatic carbocycles. The van der Waals surface area contributed by atoms with Crippen LogP contribution in [0.2, 0.25) is 0 Å². The van der Waals surface area contributed by atoms with Crippen molar-refractivity contribution in [2.75, 3.05) is 0 Å². The van der Waals surface area contributed by atoms with Gasteiger partial charge in [0, 0.05) is 0 Å². The molecule has 0 saturated heterocycles. The van der Waals surface area contributed by atoms with Gasteiger partial charge < -0.3 is 0 Å². The summed E-state index contributed by atoms with van der Waals surface area (Å²) in [5.41, 5.74) is 2.92. The van der Waals surface area contributed by atoms with Crippen molar-refractivity contribution in [1.29, 1.82) is 0 Å². The third-order valence-corrected chi connectivity index (χ3v) is 15.8. The Kier molecular flexibility index (Phi) is 8.56. The molecule has 0 bridgehead atoms. The van der Waals surface area contributed by atoms with Crippen LogP contribution in [0.1, 0.15) is 76.7 Å². The van der Waals surface area contributed by atoms with Crippen LogP contribution in [-0.4, -0.2) is 34.9 Å². The Bertz CT molecular complexity index is 1900. The molecule has 4 heterocycles. The molecule has 0 fully saturated rings. The maximum absolute atomic E-state index is 2.51. The number of aryl methyl sites for hydroxylation is 1. The van der Waals surface area contributed by atoms with Gasteiger partial charge in [0.1, 0.15) is 0 Å². The number of thiophene rings is 2. The van der Waals surface area contributed by atoms with Crippen LogP contribution in [0.15, 0.2) is 64.7 Å². The normalized spacial score (nSPS) is 12.2. The molecule has 0 N–H and O–H groups in total. The fraction of sp³-hybridized carbons (Fsp3) is 0.333. The van der Waals surface area contributed by atoms with E-state index in [2.05, 4.69) is 71.7 Å². The molecular formula is C36H36S2SeTe. The summed E-state index contributed by atoms with van der Waals surface area (Å²) in [7, 11) is 0. The minimum absolute atomic E-state index is 0.106. The summed E-state index contributed by atoms with van der Waals surface area (Å²) in [6.07, 6.45) is 15.3. The summed E-state index contributed by atoms with van der Waals surface area (Å²) < 4.78 is 13.1. The molecule has 204 valence electrons. The third-order valence-electron chi connectivity index (χ3n) is 8.35. The Morgan fingerprint density at radius 2 is 1.30 bits per heavy atom. The molecule has 4 heteroatoms. The average Bonchev–Trinajstić information content (AvgIpc) is 3.74. The molecule has 40 heavy (non-hydrogen) atoms. The molecule has 0 aliphatic rings. The Morgan fingerprint density at radius 1 is 0.650 bits per heavy atom. The quantitative estimate of drug-likeness (QED) is 0.0865. The van der Waals surface area contributed by atoms with E-state index in [0.717, 1.165) is 0 Å². The monoisotopic (exact) mass is 742 g/mol. The van der Waals surface area contributed by atoms with E-state index in [1.165, 1.54) is 127 Å². The van der Waals surface area contributed by atoms with Crippen LogP contribution in [0.4, 0.5) is 0 Å². The predicted octanol–water partition coefficient (Wildman–Crippen LogP) is 11.8. The van der Waals surface area contributed by atoms with Crippen LogP contribution in [0, 0.1) is 0 Å². The van der Waals surface area contributed by atoms with Crippen LogP contribution < -0.4 is 0 Å². The van der Waals surface area contributed by atoms with Crippen LogP contribution in [0.25, 0.3) is 58.0 Å². The Labute approximate surface area is 261 Å². The number of fused-ring (bicyclic) bond motifs is 7. The van der Waals surface area contributed by atoms with Crippen molar-refractivity contribution in [2.45, 2.75) is 77.6 Å². The fourth-order valence-electron chi connectivity index (χ4n) is 6.04. The van der Waals surface area contributed by atoms with Gasteiger partial charge in [-0.1, -0.05) is 32.6 Å². The van der Waals surface area contributed by atoms with Gasteiger partial charge in [-0.15, -0.1) is 0 Å². The van der Waals surface area contributed by atoms with Gasteiger partial charge in [-0.25, -0.2) is 0 Å². The molecule has 0 nitrogen and oxygen atoms in total. The van der Waals surface area contributed by atoms with E-state index in [4.69, 9.17) is 0 Å². The number of unbranched alkanes of at least 4 members (excludes halogenated alkanes) is 9. The van der Waals surface area contributed by atoms with E-state index in [0.29, 0.717) is 14.5 Å². The zero-order chi connectivity index (χ0) is 26.9. The summed E-state index contributed by atoms with van der Waals surface area (Å²) in [6.45, 7) is 2.30. The van der Waals surface area contributed by atoms with Crippen molar-refractivity contribution < 1.29 is 0 Å². The fourth-order valence-corrected chi connectivity index (χ4v) is 13.7. The molecule has 4 aromatic heterocycles. The van der Waals surface area contributed by atoms with Crippen molar-refractivity contribution in [1.82, 2.24) is 0 Å². The number of benzene rings is 3. The van der Waals surface area contributed by atoms with Crippen LogP contribution in [-0.2, 0) is 6.42 Å². The van der Waals surface area contributed by atoms with Gasteiger partial charge >= 0.3 is 231 Å². The Morgan fingerprint density at radius 3 is 2.02 bits per heavy atom. The Hall–Kier alpha value is -1.37. The van der Waals surface area contributed by atoms with Crippen molar-refractivity contribution >= 4 is 106 Å². The first-order valence-corrected chi connectivity index (χ1v) is 20.9. The van der Waals surface area contributed by atoms with Crippen molar-refractivity contribution in [3.05, 3.63) is 70.3 Å². The zero-order valence-electron chi connectivity index (χ0n) is 23.3. The van der Waals surface area contributed by atoms with Crippen molar-refractivity contribution in [2.24, 2.45) is 0 Å². The number of rotatable bonds is 12. The second-order valence-corrected chi connectivity index (χ2v) is 18.4. The molecule has 0 radical (unpaired) electrons. The molecule has 7 rings (SSSR count). The molecule has 7 aromatic rings. The molecule has 0 spiro atoms. The standard InChI is InChI=1S/C36H36S2SeTe/c1-2-3-4-5-6-7-8-9-10-11-12-24-13-15-25(16-14-24)32-21-27-20-29-30(22-33(27)39-32)37-35-28-19-26-17-18-40-34(26)23-31(28)38-36(29)35/h13-23H,2-12H2,1H3. The second kappa shape index (κ2) is 12.5. The van der Waals surface area contributed by atoms with E-state index in [1.54, 1.807) is 7.66 Å². The van der Waals surface area contributed by atoms with Gasteiger partial charge in [0.05, 0.1) is 0 Å². The van der Waals surface area contributed by atoms with Crippen LogP contribution in [0.5, 0.6) is 0 Å². The predicted molar refractivity (Wildman–Crippen MR) is 185 cm³/mol. The van der Waals surface area contributed by atoms with E-state index in [-0.39, 0.29) is 20.4 Å². The molecule has 0 saturated carbocycles. The van der Waals surface area contributed by atoms with Crippen molar-refractivity contribution in [3.8, 4) is 10.0 Å². The first kappa shape index (κ1) is 27.5. The molecule has 0 amide bonds. The van der Waals surface area contributed by atoms with Crippen molar-refractivity contribution in [3.63, 3.8) is 0 Å². The molecular weight excluding hydrogens is 703 g/mol. The number of hydrogen-bond donors (Lipinski definition) is 0. The topological polar surface area (TPSA) is 0 Å². The molecule has 0 unspecified atom stereocenters. The molecule has 0 aliphatic carbocycles.